The number of hydrogen-bond donors (Lipinski definition) is 0. The summed E-state index contributed by atoms with van der Waals surface area (Å²) in [5.74, 6) is -0.430. The highest BCUT2D eigenvalue weighted by Gasteiger charge is 2.19. The van der Waals surface area contributed by atoms with Crippen molar-refractivity contribution in [3.05, 3.63) is 58.7 Å². The van der Waals surface area contributed by atoms with Crippen LogP contribution in [0.25, 0.3) is 0 Å². The Kier molecular flexibility index (Phi) is 4.71. The molecule has 0 bridgehead atoms. The number of allylic oxidation sites excluding steroid dienone is 4. The molecule has 0 heterocycles. The van der Waals surface area contributed by atoms with Crippen LogP contribution in [0.1, 0.15) is 36.7 Å². The van der Waals surface area contributed by atoms with Crippen LogP contribution in [-0.2, 0) is 9.63 Å². The van der Waals surface area contributed by atoms with Crippen LogP contribution in [0, 0.1) is 12.8 Å². The molecule has 1 aliphatic carbocycles. The lowest BCUT2D eigenvalue weighted by Crippen LogP contribution is -2.16. The van der Waals surface area contributed by atoms with E-state index >= 15 is 0 Å². The van der Waals surface area contributed by atoms with E-state index in [0.29, 0.717) is 22.4 Å². The van der Waals surface area contributed by atoms with Gasteiger partial charge < -0.3 is 4.84 Å². The molecule has 0 saturated heterocycles. The fourth-order valence-corrected chi connectivity index (χ4v) is 2.18. The summed E-state index contributed by atoms with van der Waals surface area (Å²) < 4.78 is 0. The maximum absolute atomic E-state index is 12.1. The molecule has 0 spiro atoms. The first-order valence-corrected chi connectivity index (χ1v) is 7.19. The van der Waals surface area contributed by atoms with Crippen LogP contribution in [0.4, 0.5) is 0 Å². The van der Waals surface area contributed by atoms with Gasteiger partial charge in [-0.2, -0.15) is 0 Å². The number of benzene rings is 1. The molecule has 4 heteroatoms. The zero-order valence-corrected chi connectivity index (χ0v) is 13.2. The van der Waals surface area contributed by atoms with Gasteiger partial charge in [-0.05, 0) is 49.1 Å². The summed E-state index contributed by atoms with van der Waals surface area (Å²) in [4.78, 5) is 29.0. The van der Waals surface area contributed by atoms with Gasteiger partial charge >= 0.3 is 5.97 Å². The fraction of sp³-hybridized carbons (Fsp3) is 0.278. The molecule has 0 radical (unpaired) electrons. The van der Waals surface area contributed by atoms with Crippen molar-refractivity contribution >= 4 is 17.5 Å². The first-order chi connectivity index (χ1) is 10.4. The minimum absolute atomic E-state index is 0.0170. The van der Waals surface area contributed by atoms with Gasteiger partial charge in [0.1, 0.15) is 5.71 Å². The number of ketones is 1. The molecular formula is C18H19NO3. The molecule has 114 valence electrons. The van der Waals surface area contributed by atoms with Gasteiger partial charge in [0.15, 0.2) is 5.78 Å². The number of aryl methyl sites for hydroxylation is 1. The SMILES string of the molecule is CC1=CC(=O)C(C(C)C)=CC1=NOC(=O)c1ccccc1C. The minimum Gasteiger partial charge on any atom is -0.312 e. The lowest BCUT2D eigenvalue weighted by atomic mass is 9.90. The van der Waals surface area contributed by atoms with E-state index < -0.39 is 5.97 Å². The third-order valence-electron chi connectivity index (χ3n) is 3.54. The zero-order chi connectivity index (χ0) is 16.3. The molecule has 0 unspecified atom stereocenters. The van der Waals surface area contributed by atoms with Crippen LogP contribution < -0.4 is 0 Å². The third-order valence-corrected chi connectivity index (χ3v) is 3.54. The average molecular weight is 297 g/mol. The Bertz CT molecular complexity index is 709. The standard InChI is InChI=1S/C18H19NO3/c1-11(2)15-10-16(13(4)9-17(15)20)19-22-18(21)14-8-6-5-7-12(14)3/h5-11H,1-4H3. The first-order valence-electron chi connectivity index (χ1n) is 7.19. The Labute approximate surface area is 130 Å². The van der Waals surface area contributed by atoms with Crippen LogP contribution in [0.2, 0.25) is 0 Å². The number of carbonyl (C=O) groups is 2. The van der Waals surface area contributed by atoms with E-state index in [-0.39, 0.29) is 11.7 Å². The van der Waals surface area contributed by atoms with E-state index in [0.717, 1.165) is 5.56 Å². The average Bonchev–Trinajstić information content (AvgIpc) is 2.46. The molecule has 0 aliphatic heterocycles. The van der Waals surface area contributed by atoms with Crippen LogP contribution in [0.5, 0.6) is 0 Å². The van der Waals surface area contributed by atoms with Gasteiger partial charge in [0.05, 0.1) is 5.56 Å². The Morgan fingerprint density at radius 3 is 2.45 bits per heavy atom. The number of oxime groups is 1. The van der Waals surface area contributed by atoms with E-state index in [9.17, 15) is 9.59 Å². The topological polar surface area (TPSA) is 55.7 Å². The van der Waals surface area contributed by atoms with E-state index in [1.807, 2.05) is 32.9 Å². The predicted octanol–water partition coefficient (Wildman–Crippen LogP) is 3.62. The minimum atomic E-state index is -0.505. The summed E-state index contributed by atoms with van der Waals surface area (Å²) in [6, 6.07) is 7.17. The maximum Gasteiger partial charge on any atom is 0.366 e. The van der Waals surface area contributed by atoms with Crippen LogP contribution >= 0.6 is 0 Å². The van der Waals surface area contributed by atoms with Gasteiger partial charge in [-0.15, -0.1) is 0 Å². The van der Waals surface area contributed by atoms with Crippen molar-refractivity contribution in [3.8, 4) is 0 Å². The molecule has 0 amide bonds. The van der Waals surface area contributed by atoms with E-state index in [1.165, 1.54) is 6.08 Å². The number of hydrogen-bond acceptors (Lipinski definition) is 4. The van der Waals surface area contributed by atoms with Crippen molar-refractivity contribution in [3.63, 3.8) is 0 Å². The van der Waals surface area contributed by atoms with Gasteiger partial charge in [-0.1, -0.05) is 37.2 Å². The lowest BCUT2D eigenvalue weighted by Gasteiger charge is -2.14. The highest BCUT2D eigenvalue weighted by atomic mass is 16.7. The highest BCUT2D eigenvalue weighted by Crippen LogP contribution is 2.19. The van der Waals surface area contributed by atoms with Crippen molar-refractivity contribution in [1.82, 2.24) is 0 Å². The molecule has 1 aromatic carbocycles. The van der Waals surface area contributed by atoms with Crippen LogP contribution in [-0.4, -0.2) is 17.5 Å². The van der Waals surface area contributed by atoms with Crippen LogP contribution in [0.3, 0.4) is 0 Å². The molecule has 0 N–H and O–H groups in total. The first kappa shape index (κ1) is 15.9. The number of rotatable bonds is 3. The van der Waals surface area contributed by atoms with Crippen molar-refractivity contribution in [2.24, 2.45) is 11.1 Å². The Morgan fingerprint density at radius 2 is 1.82 bits per heavy atom. The Hall–Kier alpha value is -2.49. The summed E-state index contributed by atoms with van der Waals surface area (Å²) in [5.41, 5.74) is 3.17. The number of nitrogens with zero attached hydrogens (tertiary/aromatic N) is 1. The summed E-state index contributed by atoms with van der Waals surface area (Å²) in [7, 11) is 0. The molecule has 2 rings (SSSR count). The van der Waals surface area contributed by atoms with E-state index in [4.69, 9.17) is 4.84 Å². The normalized spacial score (nSPS) is 16.6. The van der Waals surface area contributed by atoms with E-state index in [2.05, 4.69) is 5.16 Å². The van der Waals surface area contributed by atoms with Gasteiger partial charge in [-0.3, -0.25) is 4.79 Å². The molecule has 22 heavy (non-hydrogen) atoms. The molecule has 0 fully saturated rings. The lowest BCUT2D eigenvalue weighted by molar-refractivity contribution is -0.111. The maximum atomic E-state index is 12.1. The summed E-state index contributed by atoms with van der Waals surface area (Å²) in [6.07, 6.45) is 3.21. The van der Waals surface area contributed by atoms with Crippen molar-refractivity contribution in [2.45, 2.75) is 27.7 Å². The smallest absolute Gasteiger partial charge is 0.312 e. The summed E-state index contributed by atoms with van der Waals surface area (Å²) in [6.45, 7) is 7.49. The third kappa shape index (κ3) is 3.39. The van der Waals surface area contributed by atoms with Gasteiger partial charge in [0.25, 0.3) is 0 Å². The second-order valence-electron chi connectivity index (χ2n) is 5.62. The van der Waals surface area contributed by atoms with E-state index in [1.54, 1.807) is 25.1 Å². The molecule has 0 aromatic heterocycles. The molecular weight excluding hydrogens is 278 g/mol. The Morgan fingerprint density at radius 1 is 1.14 bits per heavy atom. The summed E-state index contributed by atoms with van der Waals surface area (Å²) >= 11 is 0. The molecule has 0 atom stereocenters. The molecule has 4 nitrogen and oxygen atoms in total. The molecule has 1 aliphatic rings. The largest absolute Gasteiger partial charge is 0.366 e. The quantitative estimate of drug-likeness (QED) is 0.486. The van der Waals surface area contributed by atoms with Gasteiger partial charge in [0, 0.05) is 5.57 Å². The Balaban J connectivity index is 2.22. The highest BCUT2D eigenvalue weighted by molar-refractivity contribution is 6.21. The second-order valence-corrected chi connectivity index (χ2v) is 5.62. The number of carbonyl (C=O) groups excluding carboxylic acids is 2. The molecule has 0 saturated carbocycles. The predicted molar refractivity (Wildman–Crippen MR) is 85.7 cm³/mol. The van der Waals surface area contributed by atoms with Crippen molar-refractivity contribution in [2.75, 3.05) is 0 Å². The molecule has 1 aromatic rings. The summed E-state index contributed by atoms with van der Waals surface area (Å²) in [5, 5.41) is 3.92. The van der Waals surface area contributed by atoms with Gasteiger partial charge in [-0.25, -0.2) is 4.79 Å². The van der Waals surface area contributed by atoms with Crippen molar-refractivity contribution in [1.29, 1.82) is 0 Å². The van der Waals surface area contributed by atoms with Crippen molar-refractivity contribution < 1.29 is 14.4 Å². The second kappa shape index (κ2) is 6.52. The zero-order valence-electron chi connectivity index (χ0n) is 13.2. The van der Waals surface area contributed by atoms with Crippen LogP contribution in [0.15, 0.2) is 52.7 Å². The fourth-order valence-electron chi connectivity index (χ4n) is 2.18. The monoisotopic (exact) mass is 297 g/mol. The van der Waals surface area contributed by atoms with Gasteiger partial charge in [0.2, 0.25) is 0 Å².